The number of halogens is 1. The van der Waals surface area contributed by atoms with Crippen LogP contribution in [0.2, 0.25) is 0 Å². The molecule has 0 aliphatic carbocycles. The van der Waals surface area contributed by atoms with Crippen LogP contribution in [0.1, 0.15) is 11.3 Å². The molecule has 0 atom stereocenters. The van der Waals surface area contributed by atoms with Crippen LogP contribution in [0.15, 0.2) is 33.5 Å². The maximum atomic E-state index is 5.76. The first-order valence-corrected chi connectivity index (χ1v) is 6.14. The maximum absolute atomic E-state index is 5.76. The number of hydrogen-bond acceptors (Lipinski definition) is 4. The molecule has 17 heavy (non-hydrogen) atoms. The summed E-state index contributed by atoms with van der Waals surface area (Å²) in [5, 5.41) is 3.25. The van der Waals surface area contributed by atoms with Crippen molar-refractivity contribution in [3.63, 3.8) is 0 Å². The van der Waals surface area contributed by atoms with Gasteiger partial charge in [0.15, 0.2) is 0 Å². The van der Waals surface area contributed by atoms with Gasteiger partial charge in [0.1, 0.15) is 11.6 Å². The fourth-order valence-corrected chi connectivity index (χ4v) is 1.95. The van der Waals surface area contributed by atoms with Crippen LogP contribution in [-0.2, 0) is 6.42 Å². The molecule has 2 rings (SSSR count). The maximum Gasteiger partial charge on any atom is 0.140 e. The van der Waals surface area contributed by atoms with E-state index in [2.05, 4.69) is 26.2 Å². The van der Waals surface area contributed by atoms with Gasteiger partial charge >= 0.3 is 0 Å². The normalized spacial score (nSPS) is 10.5. The molecule has 0 saturated heterocycles. The van der Waals surface area contributed by atoms with Gasteiger partial charge in [-0.2, -0.15) is 0 Å². The Morgan fingerprint density at radius 2 is 2.35 bits per heavy atom. The Balaban J connectivity index is 1.97. The van der Waals surface area contributed by atoms with Crippen molar-refractivity contribution in [2.45, 2.75) is 13.3 Å². The number of hydrogen-bond donors (Lipinski definition) is 2. The van der Waals surface area contributed by atoms with Gasteiger partial charge in [-0.15, -0.1) is 0 Å². The zero-order chi connectivity index (χ0) is 12.3. The number of anilines is 2. The van der Waals surface area contributed by atoms with Gasteiger partial charge < -0.3 is 15.5 Å². The number of aromatic nitrogens is 1. The number of nitrogens with one attached hydrogen (secondary N) is 1. The predicted octanol–water partition coefficient (Wildman–Crippen LogP) is 2.98. The first kappa shape index (κ1) is 12.0. The van der Waals surface area contributed by atoms with Crippen molar-refractivity contribution in [2.24, 2.45) is 0 Å². The Morgan fingerprint density at radius 1 is 1.53 bits per heavy atom. The molecule has 5 heteroatoms. The van der Waals surface area contributed by atoms with Crippen molar-refractivity contribution in [3.8, 4) is 0 Å². The quantitative estimate of drug-likeness (QED) is 0.910. The summed E-state index contributed by atoms with van der Waals surface area (Å²) in [4.78, 5) is 4.24. The van der Waals surface area contributed by atoms with E-state index < -0.39 is 0 Å². The van der Waals surface area contributed by atoms with Crippen molar-refractivity contribution in [1.29, 1.82) is 0 Å². The lowest BCUT2D eigenvalue weighted by molar-refractivity contribution is 0.513. The van der Waals surface area contributed by atoms with E-state index in [4.69, 9.17) is 10.2 Å². The third kappa shape index (κ3) is 2.79. The van der Waals surface area contributed by atoms with Crippen LogP contribution in [0.4, 0.5) is 11.5 Å². The van der Waals surface area contributed by atoms with Crippen molar-refractivity contribution in [1.82, 2.24) is 4.98 Å². The van der Waals surface area contributed by atoms with E-state index in [1.165, 1.54) is 0 Å². The molecule has 2 heterocycles. The number of nitrogens with two attached hydrogens (primary N) is 1. The van der Waals surface area contributed by atoms with Gasteiger partial charge in [-0.25, -0.2) is 4.98 Å². The summed E-state index contributed by atoms with van der Waals surface area (Å²) in [6.07, 6.45) is 4.16. The van der Waals surface area contributed by atoms with E-state index in [0.717, 1.165) is 34.6 Å². The minimum atomic E-state index is 0.688. The number of nitrogen functional groups attached to an aromatic ring is 1. The number of furan rings is 1. The Bertz CT molecular complexity index is 497. The summed E-state index contributed by atoms with van der Waals surface area (Å²) in [7, 11) is 0. The number of rotatable bonds is 4. The first-order chi connectivity index (χ1) is 8.18. The van der Waals surface area contributed by atoms with Crippen molar-refractivity contribution < 1.29 is 4.42 Å². The molecule has 0 amide bonds. The highest BCUT2D eigenvalue weighted by atomic mass is 79.9. The Morgan fingerprint density at radius 3 is 3.06 bits per heavy atom. The lowest BCUT2D eigenvalue weighted by atomic mass is 10.2. The fraction of sp³-hybridized carbons (Fsp3) is 0.250. The Labute approximate surface area is 108 Å². The van der Waals surface area contributed by atoms with E-state index in [9.17, 15) is 0 Å². The second-order valence-electron chi connectivity index (χ2n) is 3.76. The largest absolute Gasteiger partial charge is 0.469 e. The molecule has 2 aromatic rings. The van der Waals surface area contributed by atoms with E-state index in [0.29, 0.717) is 5.69 Å². The molecule has 3 N–H and O–H groups in total. The molecule has 2 aromatic heterocycles. The van der Waals surface area contributed by atoms with Crippen LogP contribution in [0.3, 0.4) is 0 Å². The molecule has 0 unspecified atom stereocenters. The lowest BCUT2D eigenvalue weighted by Gasteiger charge is -2.10. The van der Waals surface area contributed by atoms with Gasteiger partial charge in [-0.1, -0.05) is 0 Å². The van der Waals surface area contributed by atoms with Crippen LogP contribution < -0.4 is 11.1 Å². The molecule has 0 radical (unpaired) electrons. The van der Waals surface area contributed by atoms with E-state index in [-0.39, 0.29) is 0 Å². The molecule has 0 aliphatic rings. The van der Waals surface area contributed by atoms with Crippen molar-refractivity contribution >= 4 is 27.4 Å². The highest BCUT2D eigenvalue weighted by Crippen LogP contribution is 2.27. The third-order valence-electron chi connectivity index (χ3n) is 2.55. The molecule has 0 aliphatic heterocycles. The van der Waals surface area contributed by atoms with Crippen molar-refractivity contribution in [2.75, 3.05) is 17.6 Å². The second-order valence-corrected chi connectivity index (χ2v) is 4.55. The zero-order valence-corrected chi connectivity index (χ0v) is 11.1. The van der Waals surface area contributed by atoms with Crippen molar-refractivity contribution in [3.05, 3.63) is 40.4 Å². The van der Waals surface area contributed by atoms with Crippen LogP contribution >= 0.6 is 15.9 Å². The topological polar surface area (TPSA) is 64.1 Å². The summed E-state index contributed by atoms with van der Waals surface area (Å²) in [6.45, 7) is 2.72. The van der Waals surface area contributed by atoms with Gasteiger partial charge in [0.25, 0.3) is 0 Å². The summed E-state index contributed by atoms with van der Waals surface area (Å²) in [6, 6.07) is 3.84. The van der Waals surface area contributed by atoms with Gasteiger partial charge in [0, 0.05) is 13.0 Å². The predicted molar refractivity (Wildman–Crippen MR) is 72.0 cm³/mol. The second kappa shape index (κ2) is 5.23. The van der Waals surface area contributed by atoms with Crippen LogP contribution in [0, 0.1) is 6.92 Å². The highest BCUT2D eigenvalue weighted by Gasteiger charge is 2.06. The van der Waals surface area contributed by atoms with Gasteiger partial charge in [-0.3, -0.25) is 0 Å². The molecule has 0 aromatic carbocycles. The zero-order valence-electron chi connectivity index (χ0n) is 9.53. The molecule has 0 spiro atoms. The van der Waals surface area contributed by atoms with Gasteiger partial charge in [-0.05, 0) is 40.5 Å². The van der Waals surface area contributed by atoms with Gasteiger partial charge in [0.05, 0.1) is 22.6 Å². The molecule has 0 saturated carbocycles. The first-order valence-electron chi connectivity index (χ1n) is 5.35. The Kier molecular flexibility index (Phi) is 3.68. The molecule has 4 nitrogen and oxygen atoms in total. The van der Waals surface area contributed by atoms with Gasteiger partial charge in [0.2, 0.25) is 0 Å². The minimum Gasteiger partial charge on any atom is -0.469 e. The molecule has 0 fully saturated rings. The number of nitrogens with zero attached hydrogens (tertiary/aromatic N) is 1. The standard InChI is InChI=1S/C12H14BrN3O/c1-8-10(14)7-16-12(11(8)13)15-5-4-9-3-2-6-17-9/h2-3,6-7H,4-5,14H2,1H3,(H,15,16). The third-order valence-corrected chi connectivity index (χ3v) is 3.52. The van der Waals surface area contributed by atoms with Crippen LogP contribution in [0.5, 0.6) is 0 Å². The lowest BCUT2D eigenvalue weighted by Crippen LogP contribution is -2.07. The monoisotopic (exact) mass is 295 g/mol. The van der Waals surface area contributed by atoms with E-state index >= 15 is 0 Å². The Hall–Kier alpha value is -1.49. The average molecular weight is 296 g/mol. The SMILES string of the molecule is Cc1c(N)cnc(NCCc2ccco2)c1Br. The van der Waals surface area contributed by atoms with E-state index in [1.807, 2.05) is 19.1 Å². The summed E-state index contributed by atoms with van der Waals surface area (Å²) >= 11 is 3.48. The molecular formula is C12H14BrN3O. The molecular weight excluding hydrogens is 282 g/mol. The molecule has 90 valence electrons. The van der Waals surface area contributed by atoms with Crippen LogP contribution in [0.25, 0.3) is 0 Å². The smallest absolute Gasteiger partial charge is 0.140 e. The summed E-state index contributed by atoms with van der Waals surface area (Å²) in [5.41, 5.74) is 7.45. The van der Waals surface area contributed by atoms with Crippen LogP contribution in [-0.4, -0.2) is 11.5 Å². The van der Waals surface area contributed by atoms with E-state index in [1.54, 1.807) is 12.5 Å². The minimum absolute atomic E-state index is 0.688. The average Bonchev–Trinajstić information content (AvgIpc) is 2.82. The molecule has 0 bridgehead atoms. The fourth-order valence-electron chi connectivity index (χ4n) is 1.47. The summed E-state index contributed by atoms with van der Waals surface area (Å²) < 4.78 is 6.17. The number of pyridine rings is 1. The summed E-state index contributed by atoms with van der Waals surface area (Å²) in [5.74, 6) is 1.77. The highest BCUT2D eigenvalue weighted by molar-refractivity contribution is 9.10.